The Balaban J connectivity index is 1.81. The van der Waals surface area contributed by atoms with Crippen LogP contribution in [-0.4, -0.2) is 32.2 Å². The fourth-order valence-corrected chi connectivity index (χ4v) is 2.51. The van der Waals surface area contributed by atoms with E-state index < -0.39 is 6.09 Å². The number of carboxylic acid groups (broad SMARTS) is 1. The molecule has 0 spiro atoms. The number of rotatable bonds is 2. The average molecular weight is 257 g/mol. The highest BCUT2D eigenvalue weighted by Crippen LogP contribution is 2.19. The minimum absolute atomic E-state index is 0.475. The molecule has 0 aromatic carbocycles. The molecule has 0 unspecified atom stereocenters. The summed E-state index contributed by atoms with van der Waals surface area (Å²) in [6.07, 6.45) is 3.62. The molecule has 98 valence electrons. The van der Waals surface area contributed by atoms with Gasteiger partial charge in [0.05, 0.1) is 6.54 Å². The Morgan fingerprint density at radius 2 is 2.21 bits per heavy atom. The van der Waals surface area contributed by atoms with Crippen molar-refractivity contribution in [3.8, 4) is 0 Å². The van der Waals surface area contributed by atoms with Crippen LogP contribution in [-0.2, 0) is 19.5 Å². The lowest BCUT2D eigenvalue weighted by Gasteiger charge is -2.27. The number of aromatic nitrogens is 2. The molecule has 2 aromatic rings. The molecule has 0 aliphatic carbocycles. The third-order valence-corrected chi connectivity index (χ3v) is 3.49. The van der Waals surface area contributed by atoms with Gasteiger partial charge in [0.1, 0.15) is 0 Å². The normalized spacial score (nSPS) is 14.2. The first kappa shape index (κ1) is 11.8. The van der Waals surface area contributed by atoms with Gasteiger partial charge in [0.2, 0.25) is 0 Å². The van der Waals surface area contributed by atoms with Gasteiger partial charge in [0.15, 0.2) is 0 Å². The SMILES string of the molecule is O=C(O)N1CCn2c(Cc3cccnc3)ccc2C1. The number of fused-ring (bicyclic) bond motifs is 1. The van der Waals surface area contributed by atoms with E-state index in [9.17, 15) is 4.79 Å². The lowest BCUT2D eigenvalue weighted by molar-refractivity contribution is 0.132. The number of carbonyl (C=O) groups is 1. The van der Waals surface area contributed by atoms with Gasteiger partial charge in [-0.25, -0.2) is 4.79 Å². The zero-order valence-corrected chi connectivity index (χ0v) is 10.5. The van der Waals surface area contributed by atoms with Crippen molar-refractivity contribution in [3.05, 3.63) is 53.6 Å². The summed E-state index contributed by atoms with van der Waals surface area (Å²) in [4.78, 5) is 16.5. The van der Waals surface area contributed by atoms with Crippen LogP contribution >= 0.6 is 0 Å². The topological polar surface area (TPSA) is 58.4 Å². The molecule has 19 heavy (non-hydrogen) atoms. The van der Waals surface area contributed by atoms with E-state index in [1.807, 2.05) is 18.3 Å². The zero-order chi connectivity index (χ0) is 13.2. The van der Waals surface area contributed by atoms with E-state index in [0.717, 1.165) is 18.7 Å². The van der Waals surface area contributed by atoms with Gasteiger partial charge < -0.3 is 14.6 Å². The molecule has 0 fully saturated rings. The molecule has 1 aliphatic heterocycles. The van der Waals surface area contributed by atoms with E-state index in [1.54, 1.807) is 6.20 Å². The molecular weight excluding hydrogens is 242 g/mol. The summed E-state index contributed by atoms with van der Waals surface area (Å²) >= 11 is 0. The van der Waals surface area contributed by atoms with Gasteiger partial charge in [-0.3, -0.25) is 4.98 Å². The molecule has 3 heterocycles. The maximum atomic E-state index is 11.0. The van der Waals surface area contributed by atoms with Gasteiger partial charge in [0, 0.05) is 43.3 Å². The first-order valence-electron chi connectivity index (χ1n) is 6.28. The van der Waals surface area contributed by atoms with Crippen molar-refractivity contribution < 1.29 is 9.90 Å². The second-order valence-electron chi connectivity index (χ2n) is 4.71. The van der Waals surface area contributed by atoms with Crippen LogP contribution in [0.15, 0.2) is 36.7 Å². The van der Waals surface area contributed by atoms with Crippen molar-refractivity contribution in [1.29, 1.82) is 0 Å². The minimum Gasteiger partial charge on any atom is -0.465 e. The maximum Gasteiger partial charge on any atom is 0.407 e. The molecule has 1 aliphatic rings. The Morgan fingerprint density at radius 1 is 1.32 bits per heavy atom. The number of pyridine rings is 1. The fourth-order valence-electron chi connectivity index (χ4n) is 2.51. The van der Waals surface area contributed by atoms with Crippen molar-refractivity contribution in [2.75, 3.05) is 6.54 Å². The predicted molar refractivity (Wildman–Crippen MR) is 69.9 cm³/mol. The molecule has 1 N–H and O–H groups in total. The summed E-state index contributed by atoms with van der Waals surface area (Å²) in [6.45, 7) is 1.75. The second-order valence-corrected chi connectivity index (χ2v) is 4.71. The first-order valence-corrected chi connectivity index (χ1v) is 6.28. The fraction of sp³-hybridized carbons (Fsp3) is 0.286. The monoisotopic (exact) mass is 257 g/mol. The minimum atomic E-state index is -0.846. The van der Waals surface area contributed by atoms with Crippen LogP contribution < -0.4 is 0 Å². The third kappa shape index (κ3) is 2.31. The summed E-state index contributed by atoms with van der Waals surface area (Å²) < 4.78 is 2.21. The quantitative estimate of drug-likeness (QED) is 0.894. The van der Waals surface area contributed by atoms with Crippen molar-refractivity contribution >= 4 is 6.09 Å². The van der Waals surface area contributed by atoms with Gasteiger partial charge in [-0.2, -0.15) is 0 Å². The van der Waals surface area contributed by atoms with Gasteiger partial charge in [0.25, 0.3) is 0 Å². The molecule has 2 aromatic heterocycles. The van der Waals surface area contributed by atoms with Crippen LogP contribution in [0.25, 0.3) is 0 Å². The Bertz CT molecular complexity index is 592. The standard InChI is InChI=1S/C14H15N3O2/c18-14(19)16-6-7-17-12(3-4-13(17)10-16)8-11-2-1-5-15-9-11/h1-5,9H,6-8,10H2,(H,18,19). The highest BCUT2D eigenvalue weighted by Gasteiger charge is 2.21. The number of hydrogen-bond acceptors (Lipinski definition) is 2. The highest BCUT2D eigenvalue weighted by atomic mass is 16.4. The van der Waals surface area contributed by atoms with E-state index in [4.69, 9.17) is 5.11 Å². The van der Waals surface area contributed by atoms with E-state index in [-0.39, 0.29) is 0 Å². The Morgan fingerprint density at radius 3 is 2.95 bits per heavy atom. The Labute approximate surface area is 111 Å². The van der Waals surface area contributed by atoms with Crippen LogP contribution in [0.5, 0.6) is 0 Å². The molecular formula is C14H15N3O2. The van der Waals surface area contributed by atoms with Gasteiger partial charge >= 0.3 is 6.09 Å². The molecule has 0 atom stereocenters. The molecule has 0 saturated carbocycles. The molecule has 0 bridgehead atoms. The lowest BCUT2D eigenvalue weighted by Crippen LogP contribution is -2.37. The molecule has 5 nitrogen and oxygen atoms in total. The first-order chi connectivity index (χ1) is 9.24. The van der Waals surface area contributed by atoms with Crippen molar-refractivity contribution in [2.45, 2.75) is 19.5 Å². The molecule has 0 radical (unpaired) electrons. The summed E-state index contributed by atoms with van der Waals surface area (Å²) in [5, 5.41) is 9.01. The lowest BCUT2D eigenvalue weighted by atomic mass is 10.1. The van der Waals surface area contributed by atoms with Crippen molar-refractivity contribution in [2.24, 2.45) is 0 Å². The van der Waals surface area contributed by atoms with Crippen LogP contribution in [0.3, 0.4) is 0 Å². The Hall–Kier alpha value is -2.30. The highest BCUT2D eigenvalue weighted by molar-refractivity contribution is 5.65. The molecule has 1 amide bonds. The maximum absolute atomic E-state index is 11.0. The molecule has 5 heteroatoms. The smallest absolute Gasteiger partial charge is 0.407 e. The second kappa shape index (κ2) is 4.76. The Kier molecular flexibility index (Phi) is 2.95. The predicted octanol–water partition coefficient (Wildman–Crippen LogP) is 1.97. The van der Waals surface area contributed by atoms with Crippen LogP contribution in [0, 0.1) is 0 Å². The van der Waals surface area contributed by atoms with Gasteiger partial charge in [-0.15, -0.1) is 0 Å². The zero-order valence-electron chi connectivity index (χ0n) is 10.5. The summed E-state index contributed by atoms with van der Waals surface area (Å²) in [7, 11) is 0. The van der Waals surface area contributed by atoms with Crippen molar-refractivity contribution in [3.63, 3.8) is 0 Å². The van der Waals surface area contributed by atoms with E-state index in [1.165, 1.54) is 16.2 Å². The van der Waals surface area contributed by atoms with Crippen LogP contribution in [0.2, 0.25) is 0 Å². The van der Waals surface area contributed by atoms with Crippen LogP contribution in [0.1, 0.15) is 17.0 Å². The average Bonchev–Trinajstić information content (AvgIpc) is 2.82. The van der Waals surface area contributed by atoms with E-state index in [2.05, 4.69) is 21.7 Å². The summed E-state index contributed by atoms with van der Waals surface area (Å²) in [5.74, 6) is 0. The number of hydrogen-bond donors (Lipinski definition) is 1. The summed E-state index contributed by atoms with van der Waals surface area (Å²) in [5.41, 5.74) is 3.45. The van der Waals surface area contributed by atoms with Gasteiger partial charge in [-0.1, -0.05) is 6.07 Å². The van der Waals surface area contributed by atoms with Gasteiger partial charge in [-0.05, 0) is 23.8 Å². The van der Waals surface area contributed by atoms with Crippen LogP contribution in [0.4, 0.5) is 4.79 Å². The summed E-state index contributed by atoms with van der Waals surface area (Å²) in [6, 6.07) is 8.08. The van der Waals surface area contributed by atoms with E-state index >= 15 is 0 Å². The number of amides is 1. The third-order valence-electron chi connectivity index (χ3n) is 3.49. The largest absolute Gasteiger partial charge is 0.465 e. The number of nitrogens with zero attached hydrogens (tertiary/aromatic N) is 3. The molecule has 0 saturated heterocycles. The van der Waals surface area contributed by atoms with E-state index in [0.29, 0.717) is 13.1 Å². The molecule has 3 rings (SSSR count). The van der Waals surface area contributed by atoms with Crippen molar-refractivity contribution in [1.82, 2.24) is 14.5 Å².